The fraction of sp³-hybridized carbons (Fsp3) is 0.615. The highest BCUT2D eigenvalue weighted by atomic mass is 19.4. The topological polar surface area (TPSA) is 0 Å². The number of hydrogen-bond acceptors (Lipinski definition) is 0. The largest absolute Gasteiger partial charge is 0.458 e. The molecule has 3 rings (SSSR count). The highest BCUT2D eigenvalue weighted by molar-refractivity contribution is 5.40. The summed E-state index contributed by atoms with van der Waals surface area (Å²) in [6.07, 6.45) is 11.1. The Labute approximate surface area is 182 Å². The van der Waals surface area contributed by atoms with Gasteiger partial charge in [-0.2, -0.15) is 13.2 Å². The van der Waals surface area contributed by atoms with E-state index in [1.54, 1.807) is 5.92 Å². The summed E-state index contributed by atoms with van der Waals surface area (Å²) < 4.78 is 64.4. The summed E-state index contributed by atoms with van der Waals surface area (Å²) in [5.74, 6) is 3.62. The summed E-state index contributed by atoms with van der Waals surface area (Å²) in [4.78, 5) is 0. The second-order valence-corrected chi connectivity index (χ2v) is 9.34. The van der Waals surface area contributed by atoms with Crippen LogP contribution in [0.3, 0.4) is 0 Å². The van der Waals surface area contributed by atoms with Crippen LogP contribution in [0.15, 0.2) is 24.3 Å². The summed E-state index contributed by atoms with van der Waals surface area (Å²) >= 11 is 0. The molecular formula is C26H31F5. The van der Waals surface area contributed by atoms with Crippen molar-refractivity contribution in [2.45, 2.75) is 77.3 Å². The van der Waals surface area contributed by atoms with Crippen molar-refractivity contribution >= 4 is 0 Å². The summed E-state index contributed by atoms with van der Waals surface area (Å²) in [5, 5.41) is 0. The van der Waals surface area contributed by atoms with Crippen molar-refractivity contribution in [2.75, 3.05) is 0 Å². The highest BCUT2D eigenvalue weighted by Crippen LogP contribution is 2.41. The SMILES string of the molecule is CC1CCC(C2CCC(/C=C/CCc3cc(F)c(C#CC(F)(F)F)c(F)c3)CC2)CC1. The van der Waals surface area contributed by atoms with Gasteiger partial charge in [-0.3, -0.25) is 0 Å². The molecule has 0 atom stereocenters. The lowest BCUT2D eigenvalue weighted by atomic mass is 9.69. The molecule has 0 unspecified atom stereocenters. The van der Waals surface area contributed by atoms with Gasteiger partial charge >= 0.3 is 6.18 Å². The van der Waals surface area contributed by atoms with Crippen molar-refractivity contribution in [1.29, 1.82) is 0 Å². The first-order valence-corrected chi connectivity index (χ1v) is 11.5. The third-order valence-electron chi connectivity index (χ3n) is 6.98. The molecule has 1 aromatic carbocycles. The van der Waals surface area contributed by atoms with E-state index in [0.29, 0.717) is 24.3 Å². The minimum absolute atomic E-state index is 0.424. The molecule has 0 saturated heterocycles. The molecule has 0 N–H and O–H groups in total. The average molecular weight is 439 g/mol. The molecule has 2 aliphatic carbocycles. The first-order chi connectivity index (χ1) is 14.7. The van der Waals surface area contributed by atoms with Gasteiger partial charge in [-0.15, -0.1) is 0 Å². The third-order valence-corrected chi connectivity index (χ3v) is 6.98. The second kappa shape index (κ2) is 10.7. The molecule has 1 aromatic rings. The Morgan fingerprint density at radius 2 is 1.45 bits per heavy atom. The number of alkyl halides is 3. The molecular weight excluding hydrogens is 407 g/mol. The maximum Gasteiger partial charge on any atom is 0.458 e. The molecule has 0 heterocycles. The van der Waals surface area contributed by atoms with E-state index in [1.165, 1.54) is 51.4 Å². The second-order valence-electron chi connectivity index (χ2n) is 9.34. The predicted octanol–water partition coefficient (Wildman–Crippen LogP) is 8.00. The molecule has 31 heavy (non-hydrogen) atoms. The van der Waals surface area contributed by atoms with Gasteiger partial charge in [0.2, 0.25) is 0 Å². The van der Waals surface area contributed by atoms with Crippen molar-refractivity contribution < 1.29 is 22.0 Å². The summed E-state index contributed by atoms with van der Waals surface area (Å²) in [5.41, 5.74) is -0.409. The van der Waals surface area contributed by atoms with E-state index < -0.39 is 23.4 Å². The van der Waals surface area contributed by atoms with Gasteiger partial charge < -0.3 is 0 Å². The minimum atomic E-state index is -4.78. The summed E-state index contributed by atoms with van der Waals surface area (Å²) in [6, 6.07) is 2.15. The van der Waals surface area contributed by atoms with Crippen LogP contribution in [-0.4, -0.2) is 6.18 Å². The van der Waals surface area contributed by atoms with E-state index in [4.69, 9.17) is 0 Å². The fourth-order valence-electron chi connectivity index (χ4n) is 5.13. The first kappa shape index (κ1) is 23.8. The smallest absolute Gasteiger partial charge is 0.206 e. The number of hydrogen-bond donors (Lipinski definition) is 0. The molecule has 0 aliphatic heterocycles. The van der Waals surface area contributed by atoms with Gasteiger partial charge in [-0.25, -0.2) is 8.78 Å². The van der Waals surface area contributed by atoms with Crippen molar-refractivity contribution in [3.05, 3.63) is 47.0 Å². The lowest BCUT2D eigenvalue weighted by Gasteiger charge is -2.36. The number of halogens is 5. The predicted molar refractivity (Wildman–Crippen MR) is 113 cm³/mol. The van der Waals surface area contributed by atoms with E-state index in [0.717, 1.165) is 35.8 Å². The van der Waals surface area contributed by atoms with Crippen LogP contribution in [0.25, 0.3) is 0 Å². The van der Waals surface area contributed by atoms with Gasteiger partial charge in [0.05, 0.1) is 5.56 Å². The molecule has 2 saturated carbocycles. The van der Waals surface area contributed by atoms with Crippen molar-refractivity contribution in [2.24, 2.45) is 23.7 Å². The zero-order valence-electron chi connectivity index (χ0n) is 18.1. The van der Waals surface area contributed by atoms with Gasteiger partial charge in [0.1, 0.15) is 11.6 Å². The Hall–Kier alpha value is -1.83. The number of aryl methyl sites for hydroxylation is 1. The Morgan fingerprint density at radius 1 is 0.903 bits per heavy atom. The summed E-state index contributed by atoms with van der Waals surface area (Å²) in [7, 11) is 0. The van der Waals surface area contributed by atoms with Gasteiger partial charge in [0, 0.05) is 5.92 Å². The van der Waals surface area contributed by atoms with Crippen LogP contribution in [0, 0.1) is 47.1 Å². The van der Waals surface area contributed by atoms with E-state index in [2.05, 4.69) is 19.1 Å². The lowest BCUT2D eigenvalue weighted by Crippen LogP contribution is -2.24. The van der Waals surface area contributed by atoms with E-state index in [-0.39, 0.29) is 0 Å². The Kier molecular flexibility index (Phi) is 8.19. The van der Waals surface area contributed by atoms with Crippen LogP contribution in [-0.2, 0) is 6.42 Å². The van der Waals surface area contributed by atoms with Crippen molar-refractivity contribution in [1.82, 2.24) is 0 Å². The highest BCUT2D eigenvalue weighted by Gasteiger charge is 2.29. The average Bonchev–Trinajstić information content (AvgIpc) is 2.71. The van der Waals surface area contributed by atoms with Crippen LogP contribution in [0.4, 0.5) is 22.0 Å². The van der Waals surface area contributed by atoms with Gasteiger partial charge in [0.15, 0.2) is 0 Å². The molecule has 5 heteroatoms. The number of allylic oxidation sites excluding steroid dienone is 2. The van der Waals surface area contributed by atoms with Crippen LogP contribution in [0.2, 0.25) is 0 Å². The Bertz CT molecular complexity index is 787. The maximum atomic E-state index is 14.0. The van der Waals surface area contributed by atoms with Crippen molar-refractivity contribution in [3.63, 3.8) is 0 Å². The Morgan fingerprint density at radius 3 is 2.00 bits per heavy atom. The van der Waals surface area contributed by atoms with Crippen LogP contribution >= 0.6 is 0 Å². The van der Waals surface area contributed by atoms with Gasteiger partial charge in [0.25, 0.3) is 0 Å². The third kappa shape index (κ3) is 7.37. The number of rotatable bonds is 5. The molecule has 0 radical (unpaired) electrons. The van der Waals surface area contributed by atoms with E-state index >= 15 is 0 Å². The zero-order chi connectivity index (χ0) is 22.4. The molecule has 170 valence electrons. The normalized spacial score (nSPS) is 27.2. The van der Waals surface area contributed by atoms with Crippen molar-refractivity contribution in [3.8, 4) is 11.8 Å². The van der Waals surface area contributed by atoms with E-state index in [1.807, 2.05) is 0 Å². The molecule has 2 fully saturated rings. The van der Waals surface area contributed by atoms with Crippen LogP contribution < -0.4 is 0 Å². The standard InChI is InChI=1S/C26H31F5/c1-18-6-10-21(11-7-18)22-12-8-19(9-13-22)4-2-3-5-20-16-24(27)23(25(28)17-20)14-15-26(29,30)31/h2,4,16-19,21-22H,3,5-13H2,1H3/b4-2+. The fourth-order valence-corrected chi connectivity index (χ4v) is 5.13. The Balaban J connectivity index is 1.44. The quantitative estimate of drug-likeness (QED) is 0.248. The lowest BCUT2D eigenvalue weighted by molar-refractivity contribution is -0.0696. The minimum Gasteiger partial charge on any atom is -0.206 e. The molecule has 0 nitrogen and oxygen atoms in total. The monoisotopic (exact) mass is 438 g/mol. The van der Waals surface area contributed by atoms with Gasteiger partial charge in [-0.1, -0.05) is 37.8 Å². The molecule has 0 bridgehead atoms. The molecule has 0 amide bonds. The molecule has 0 spiro atoms. The van der Waals surface area contributed by atoms with E-state index in [9.17, 15) is 22.0 Å². The maximum absolute atomic E-state index is 14.0. The van der Waals surface area contributed by atoms with Crippen LogP contribution in [0.1, 0.15) is 75.8 Å². The molecule has 2 aliphatic rings. The zero-order valence-corrected chi connectivity index (χ0v) is 18.1. The van der Waals surface area contributed by atoms with Gasteiger partial charge in [-0.05, 0) is 92.7 Å². The number of benzene rings is 1. The first-order valence-electron chi connectivity index (χ1n) is 11.5. The molecule has 0 aromatic heterocycles. The van der Waals surface area contributed by atoms with Crippen LogP contribution in [0.5, 0.6) is 0 Å². The summed E-state index contributed by atoms with van der Waals surface area (Å²) in [6.45, 7) is 2.36.